The van der Waals surface area contributed by atoms with Crippen molar-refractivity contribution in [3.8, 4) is 11.5 Å². The number of fused-ring (bicyclic) bond motifs is 1. The average Bonchev–Trinajstić information content (AvgIpc) is 2.94. The first-order chi connectivity index (χ1) is 8.76. The summed E-state index contributed by atoms with van der Waals surface area (Å²) < 4.78 is 1.69. The van der Waals surface area contributed by atoms with Gasteiger partial charge in [0, 0.05) is 11.6 Å². The van der Waals surface area contributed by atoms with Crippen LogP contribution in [-0.2, 0) is 6.54 Å². The number of aromatic amines is 1. The highest BCUT2D eigenvalue weighted by Gasteiger charge is 2.09. The Morgan fingerprint density at radius 2 is 2.28 bits per heavy atom. The lowest BCUT2D eigenvalue weighted by Crippen LogP contribution is -2.10. The Labute approximate surface area is 108 Å². The topological polar surface area (TPSA) is 85.4 Å². The Morgan fingerprint density at radius 3 is 3.11 bits per heavy atom. The Hall–Kier alpha value is -1.92. The highest BCUT2D eigenvalue weighted by molar-refractivity contribution is 6.31. The maximum absolute atomic E-state index is 5.93. The summed E-state index contributed by atoms with van der Waals surface area (Å²) >= 11 is 5.93. The summed E-state index contributed by atoms with van der Waals surface area (Å²) in [6, 6.07) is 5.50. The van der Waals surface area contributed by atoms with Crippen LogP contribution in [0.15, 0.2) is 24.4 Å². The molecule has 2 heterocycles. The molecule has 0 spiro atoms. The summed E-state index contributed by atoms with van der Waals surface area (Å²) in [5, 5.41) is 8.69. The fraction of sp³-hybridized carbons (Fsp3) is 0.182. The van der Waals surface area contributed by atoms with E-state index in [0.717, 1.165) is 11.0 Å². The minimum absolute atomic E-state index is 0.526. The molecule has 2 aromatic heterocycles. The van der Waals surface area contributed by atoms with Crippen LogP contribution < -0.4 is 5.73 Å². The number of aromatic nitrogens is 5. The molecule has 7 heteroatoms. The van der Waals surface area contributed by atoms with E-state index in [0.29, 0.717) is 29.6 Å². The minimum Gasteiger partial charge on any atom is -0.336 e. The molecule has 3 N–H and O–H groups in total. The first-order valence-corrected chi connectivity index (χ1v) is 5.90. The second-order valence-electron chi connectivity index (χ2n) is 3.90. The first kappa shape index (κ1) is 11.2. The molecule has 0 atom stereocenters. The van der Waals surface area contributed by atoms with Crippen molar-refractivity contribution in [1.82, 2.24) is 25.0 Å². The van der Waals surface area contributed by atoms with Crippen molar-refractivity contribution in [2.24, 2.45) is 5.73 Å². The van der Waals surface area contributed by atoms with Gasteiger partial charge in [-0.05, 0) is 18.2 Å². The standard InChI is InChI=1S/C11H11ClN6/c12-7-1-2-8-9(5-7)15-11(14-8)10-6-18(4-3-13)17-16-10/h1-2,5-6H,3-4,13H2,(H,14,15). The van der Waals surface area contributed by atoms with Gasteiger partial charge in [-0.1, -0.05) is 16.8 Å². The van der Waals surface area contributed by atoms with E-state index in [4.69, 9.17) is 17.3 Å². The van der Waals surface area contributed by atoms with E-state index in [-0.39, 0.29) is 0 Å². The molecule has 6 nitrogen and oxygen atoms in total. The molecule has 3 aromatic rings. The number of nitrogens with zero attached hydrogens (tertiary/aromatic N) is 4. The number of benzene rings is 1. The van der Waals surface area contributed by atoms with Gasteiger partial charge in [0.25, 0.3) is 0 Å². The fourth-order valence-corrected chi connectivity index (χ4v) is 1.92. The van der Waals surface area contributed by atoms with Crippen molar-refractivity contribution >= 4 is 22.6 Å². The van der Waals surface area contributed by atoms with Crippen molar-refractivity contribution in [3.05, 3.63) is 29.4 Å². The number of nitrogens with one attached hydrogen (secondary N) is 1. The predicted molar refractivity (Wildman–Crippen MR) is 69.2 cm³/mol. The van der Waals surface area contributed by atoms with Crippen LogP contribution in [0.4, 0.5) is 0 Å². The zero-order chi connectivity index (χ0) is 12.5. The zero-order valence-corrected chi connectivity index (χ0v) is 10.2. The molecular formula is C11H11ClN6. The molecule has 0 bridgehead atoms. The van der Waals surface area contributed by atoms with Gasteiger partial charge in [0.15, 0.2) is 5.82 Å². The maximum atomic E-state index is 5.93. The van der Waals surface area contributed by atoms with Crippen molar-refractivity contribution in [2.75, 3.05) is 6.54 Å². The highest BCUT2D eigenvalue weighted by Crippen LogP contribution is 2.21. The zero-order valence-electron chi connectivity index (χ0n) is 9.47. The lowest BCUT2D eigenvalue weighted by atomic mass is 10.3. The van der Waals surface area contributed by atoms with Gasteiger partial charge in [0.1, 0.15) is 5.69 Å². The van der Waals surface area contributed by atoms with E-state index in [2.05, 4.69) is 20.3 Å². The summed E-state index contributed by atoms with van der Waals surface area (Å²) in [5.74, 6) is 0.676. The molecule has 0 saturated heterocycles. The molecule has 1 aromatic carbocycles. The van der Waals surface area contributed by atoms with Crippen LogP contribution in [0.1, 0.15) is 0 Å². The van der Waals surface area contributed by atoms with Gasteiger partial charge in [-0.25, -0.2) is 4.98 Å². The Balaban J connectivity index is 2.02. The molecule has 0 amide bonds. The minimum atomic E-state index is 0.526. The van der Waals surface area contributed by atoms with Crippen molar-refractivity contribution in [1.29, 1.82) is 0 Å². The Morgan fingerprint density at radius 1 is 1.39 bits per heavy atom. The van der Waals surface area contributed by atoms with Crippen LogP contribution in [0, 0.1) is 0 Å². The molecule has 92 valence electrons. The van der Waals surface area contributed by atoms with Crippen LogP contribution in [0.25, 0.3) is 22.6 Å². The predicted octanol–water partition coefficient (Wildman–Crippen LogP) is 1.43. The maximum Gasteiger partial charge on any atom is 0.160 e. The third kappa shape index (κ3) is 1.96. The first-order valence-electron chi connectivity index (χ1n) is 5.52. The quantitative estimate of drug-likeness (QED) is 0.748. The highest BCUT2D eigenvalue weighted by atomic mass is 35.5. The number of hydrogen-bond donors (Lipinski definition) is 2. The molecule has 18 heavy (non-hydrogen) atoms. The normalized spacial score (nSPS) is 11.2. The van der Waals surface area contributed by atoms with Crippen molar-refractivity contribution < 1.29 is 0 Å². The van der Waals surface area contributed by atoms with E-state index in [1.807, 2.05) is 18.3 Å². The third-order valence-electron chi connectivity index (χ3n) is 2.58. The summed E-state index contributed by atoms with van der Waals surface area (Å²) in [4.78, 5) is 7.60. The second-order valence-corrected chi connectivity index (χ2v) is 4.34. The molecule has 0 saturated carbocycles. The Bertz CT molecular complexity index is 686. The molecule has 0 aliphatic carbocycles. The summed E-state index contributed by atoms with van der Waals surface area (Å²) in [6.07, 6.45) is 1.81. The van der Waals surface area contributed by atoms with Gasteiger partial charge < -0.3 is 10.7 Å². The molecule has 0 radical (unpaired) electrons. The fourth-order valence-electron chi connectivity index (χ4n) is 1.75. The molecule has 0 aliphatic heterocycles. The van der Waals surface area contributed by atoms with E-state index in [9.17, 15) is 0 Å². The number of hydrogen-bond acceptors (Lipinski definition) is 4. The number of nitrogens with two attached hydrogens (primary N) is 1. The lowest BCUT2D eigenvalue weighted by Gasteiger charge is -1.92. The molecule has 3 rings (SSSR count). The van der Waals surface area contributed by atoms with E-state index < -0.39 is 0 Å². The van der Waals surface area contributed by atoms with Crippen molar-refractivity contribution in [3.63, 3.8) is 0 Å². The van der Waals surface area contributed by atoms with E-state index >= 15 is 0 Å². The van der Waals surface area contributed by atoms with Gasteiger partial charge in [0.2, 0.25) is 0 Å². The van der Waals surface area contributed by atoms with Crippen molar-refractivity contribution in [2.45, 2.75) is 6.54 Å². The number of H-pyrrole nitrogens is 1. The SMILES string of the molecule is NCCn1cc(-c2nc3ccc(Cl)cc3[nH]2)nn1. The number of imidazole rings is 1. The van der Waals surface area contributed by atoms with Crippen LogP contribution in [0.5, 0.6) is 0 Å². The van der Waals surface area contributed by atoms with E-state index in [1.165, 1.54) is 0 Å². The van der Waals surface area contributed by atoms with Gasteiger partial charge in [-0.3, -0.25) is 4.68 Å². The van der Waals surface area contributed by atoms with Gasteiger partial charge >= 0.3 is 0 Å². The molecule has 0 unspecified atom stereocenters. The van der Waals surface area contributed by atoms with Gasteiger partial charge in [-0.2, -0.15) is 0 Å². The monoisotopic (exact) mass is 262 g/mol. The van der Waals surface area contributed by atoms with Gasteiger partial charge in [0.05, 0.1) is 23.8 Å². The molecular weight excluding hydrogens is 252 g/mol. The smallest absolute Gasteiger partial charge is 0.160 e. The lowest BCUT2D eigenvalue weighted by molar-refractivity contribution is 0.598. The largest absolute Gasteiger partial charge is 0.336 e. The van der Waals surface area contributed by atoms with Crippen LogP contribution in [0.3, 0.4) is 0 Å². The molecule has 0 fully saturated rings. The summed E-state index contributed by atoms with van der Waals surface area (Å²) in [5.41, 5.74) is 7.88. The van der Waals surface area contributed by atoms with Crippen LogP contribution >= 0.6 is 11.6 Å². The second kappa shape index (κ2) is 4.40. The number of halogens is 1. The summed E-state index contributed by atoms with van der Waals surface area (Å²) in [6.45, 7) is 1.16. The van der Waals surface area contributed by atoms with E-state index in [1.54, 1.807) is 10.7 Å². The molecule has 0 aliphatic rings. The van der Waals surface area contributed by atoms with Crippen LogP contribution in [-0.4, -0.2) is 31.5 Å². The summed E-state index contributed by atoms with van der Waals surface area (Å²) in [7, 11) is 0. The van der Waals surface area contributed by atoms with Gasteiger partial charge in [-0.15, -0.1) is 5.10 Å². The Kier molecular flexibility index (Phi) is 2.73. The van der Waals surface area contributed by atoms with Crippen LogP contribution in [0.2, 0.25) is 5.02 Å². The average molecular weight is 263 g/mol. The third-order valence-corrected chi connectivity index (χ3v) is 2.82. The number of rotatable bonds is 3.